The molecule has 0 saturated carbocycles. The molecule has 0 spiro atoms. The largest absolute Gasteiger partial charge is 0.508 e. The molecule has 0 heterocycles. The Morgan fingerprint density at radius 3 is 2.46 bits per heavy atom. The van der Waals surface area contributed by atoms with Gasteiger partial charge < -0.3 is 10.8 Å². The topological polar surface area (TPSA) is 46.2 Å². The van der Waals surface area contributed by atoms with Crippen molar-refractivity contribution in [1.82, 2.24) is 0 Å². The van der Waals surface area contributed by atoms with Gasteiger partial charge in [0.2, 0.25) is 0 Å². The molecule has 0 aliphatic rings. The SMILES string of the molecule is CCC(N)c1cc(Br)c(Br)cc1O. The molecule has 0 amide bonds. The highest BCUT2D eigenvalue weighted by molar-refractivity contribution is 9.13. The zero-order valence-electron chi connectivity index (χ0n) is 7.22. The Bertz CT molecular complexity index is 315. The molecule has 72 valence electrons. The van der Waals surface area contributed by atoms with Crippen LogP contribution in [0.3, 0.4) is 0 Å². The molecule has 0 aliphatic carbocycles. The van der Waals surface area contributed by atoms with Crippen molar-refractivity contribution < 1.29 is 5.11 Å². The first-order valence-electron chi connectivity index (χ1n) is 3.99. The molecule has 1 aromatic rings. The lowest BCUT2D eigenvalue weighted by Gasteiger charge is -2.12. The molecule has 0 aliphatic heterocycles. The van der Waals surface area contributed by atoms with Gasteiger partial charge in [0.05, 0.1) is 0 Å². The van der Waals surface area contributed by atoms with Crippen molar-refractivity contribution in [3.05, 3.63) is 26.6 Å². The van der Waals surface area contributed by atoms with Gasteiger partial charge >= 0.3 is 0 Å². The highest BCUT2D eigenvalue weighted by Crippen LogP contribution is 2.33. The third-order valence-electron chi connectivity index (χ3n) is 1.91. The molecule has 1 unspecified atom stereocenters. The van der Waals surface area contributed by atoms with E-state index in [0.717, 1.165) is 20.9 Å². The molecule has 0 aromatic heterocycles. The fraction of sp³-hybridized carbons (Fsp3) is 0.333. The van der Waals surface area contributed by atoms with E-state index in [1.807, 2.05) is 13.0 Å². The van der Waals surface area contributed by atoms with E-state index >= 15 is 0 Å². The minimum Gasteiger partial charge on any atom is -0.508 e. The lowest BCUT2D eigenvalue weighted by molar-refractivity contribution is 0.459. The summed E-state index contributed by atoms with van der Waals surface area (Å²) >= 11 is 6.67. The van der Waals surface area contributed by atoms with Gasteiger partial charge in [-0.1, -0.05) is 6.92 Å². The van der Waals surface area contributed by atoms with E-state index in [-0.39, 0.29) is 11.8 Å². The monoisotopic (exact) mass is 307 g/mol. The third-order valence-corrected chi connectivity index (χ3v) is 3.75. The van der Waals surface area contributed by atoms with Gasteiger partial charge in [0.25, 0.3) is 0 Å². The van der Waals surface area contributed by atoms with Crippen molar-refractivity contribution in [2.75, 3.05) is 0 Å². The highest BCUT2D eigenvalue weighted by atomic mass is 79.9. The lowest BCUT2D eigenvalue weighted by Crippen LogP contribution is -2.08. The zero-order chi connectivity index (χ0) is 10.0. The van der Waals surface area contributed by atoms with Crippen molar-refractivity contribution >= 4 is 31.9 Å². The first kappa shape index (κ1) is 11.0. The van der Waals surface area contributed by atoms with Gasteiger partial charge in [-0.2, -0.15) is 0 Å². The minimum absolute atomic E-state index is 0.107. The molecule has 1 atom stereocenters. The summed E-state index contributed by atoms with van der Waals surface area (Å²) in [6, 6.07) is 3.38. The molecule has 3 N–H and O–H groups in total. The number of benzene rings is 1. The third kappa shape index (κ3) is 2.45. The van der Waals surface area contributed by atoms with Crippen LogP contribution in [0.25, 0.3) is 0 Å². The van der Waals surface area contributed by atoms with Crippen LogP contribution in [0.5, 0.6) is 5.75 Å². The van der Waals surface area contributed by atoms with Gasteiger partial charge in [0, 0.05) is 20.6 Å². The molecule has 1 rings (SSSR count). The van der Waals surface area contributed by atoms with E-state index in [1.165, 1.54) is 0 Å². The molecule has 13 heavy (non-hydrogen) atoms. The summed E-state index contributed by atoms with van der Waals surface area (Å²) in [5.41, 5.74) is 6.59. The lowest BCUT2D eigenvalue weighted by atomic mass is 10.0. The van der Waals surface area contributed by atoms with Gasteiger partial charge in [-0.3, -0.25) is 0 Å². The summed E-state index contributed by atoms with van der Waals surface area (Å²) in [5.74, 6) is 0.240. The van der Waals surface area contributed by atoms with Crippen molar-refractivity contribution in [3.63, 3.8) is 0 Å². The number of halogens is 2. The number of aromatic hydroxyl groups is 1. The van der Waals surface area contributed by atoms with E-state index in [0.29, 0.717) is 0 Å². The number of hydrogen-bond donors (Lipinski definition) is 2. The number of phenols is 1. The Morgan fingerprint density at radius 1 is 1.38 bits per heavy atom. The van der Waals surface area contributed by atoms with Crippen molar-refractivity contribution in [2.45, 2.75) is 19.4 Å². The standard InChI is InChI=1S/C9H11Br2NO/c1-2-8(12)5-3-6(10)7(11)4-9(5)13/h3-4,8,13H,2,12H2,1H3. The molecule has 1 aromatic carbocycles. The molecule has 0 fully saturated rings. The quantitative estimate of drug-likeness (QED) is 0.880. The van der Waals surface area contributed by atoms with Crippen LogP contribution in [0.15, 0.2) is 21.1 Å². The Kier molecular flexibility index (Phi) is 3.76. The van der Waals surface area contributed by atoms with Crippen LogP contribution in [0, 0.1) is 0 Å². The molecule has 0 bridgehead atoms. The molecular weight excluding hydrogens is 298 g/mol. The summed E-state index contributed by atoms with van der Waals surface area (Å²) in [4.78, 5) is 0. The van der Waals surface area contributed by atoms with Gasteiger partial charge in [0.15, 0.2) is 0 Å². The fourth-order valence-electron chi connectivity index (χ4n) is 1.07. The van der Waals surface area contributed by atoms with Crippen molar-refractivity contribution in [3.8, 4) is 5.75 Å². The van der Waals surface area contributed by atoms with Crippen molar-refractivity contribution in [2.24, 2.45) is 5.73 Å². The normalized spacial score (nSPS) is 12.9. The predicted molar refractivity (Wildman–Crippen MR) is 60.7 cm³/mol. The molecule has 0 saturated heterocycles. The fourth-order valence-corrected chi connectivity index (χ4v) is 1.76. The van der Waals surface area contributed by atoms with E-state index in [1.54, 1.807) is 6.07 Å². The molecule has 2 nitrogen and oxygen atoms in total. The van der Waals surface area contributed by atoms with Crippen LogP contribution in [0.4, 0.5) is 0 Å². The smallest absolute Gasteiger partial charge is 0.121 e. The van der Waals surface area contributed by atoms with Crippen LogP contribution in [0.2, 0.25) is 0 Å². The maximum atomic E-state index is 9.59. The first-order valence-corrected chi connectivity index (χ1v) is 5.58. The number of phenolic OH excluding ortho intramolecular Hbond substituents is 1. The second-order valence-corrected chi connectivity index (χ2v) is 4.55. The van der Waals surface area contributed by atoms with E-state index in [9.17, 15) is 5.11 Å². The Balaban J connectivity index is 3.15. The Labute approximate surface area is 94.4 Å². The maximum absolute atomic E-state index is 9.59. The maximum Gasteiger partial charge on any atom is 0.121 e. The number of rotatable bonds is 2. The summed E-state index contributed by atoms with van der Waals surface area (Å²) < 4.78 is 1.74. The Morgan fingerprint density at radius 2 is 1.92 bits per heavy atom. The predicted octanol–water partition coefficient (Wildman–Crippen LogP) is 3.33. The highest BCUT2D eigenvalue weighted by Gasteiger charge is 2.11. The van der Waals surface area contributed by atoms with Crippen LogP contribution < -0.4 is 5.73 Å². The summed E-state index contributed by atoms with van der Waals surface area (Å²) in [5, 5.41) is 9.59. The molecular formula is C9H11Br2NO. The number of hydrogen-bond acceptors (Lipinski definition) is 2. The zero-order valence-corrected chi connectivity index (χ0v) is 10.4. The summed E-state index contributed by atoms with van der Waals surface area (Å²) in [7, 11) is 0. The molecule has 0 radical (unpaired) electrons. The summed E-state index contributed by atoms with van der Waals surface area (Å²) in [6.45, 7) is 1.99. The Hall–Kier alpha value is -0.0600. The average Bonchev–Trinajstić information content (AvgIpc) is 2.10. The van der Waals surface area contributed by atoms with Gasteiger partial charge in [-0.25, -0.2) is 0 Å². The van der Waals surface area contributed by atoms with E-state index < -0.39 is 0 Å². The molecule has 4 heteroatoms. The first-order chi connectivity index (χ1) is 6.06. The van der Waals surface area contributed by atoms with Crippen LogP contribution in [0.1, 0.15) is 24.9 Å². The summed E-state index contributed by atoms with van der Waals surface area (Å²) in [6.07, 6.45) is 0.807. The van der Waals surface area contributed by atoms with Crippen LogP contribution in [-0.2, 0) is 0 Å². The van der Waals surface area contributed by atoms with Crippen LogP contribution in [-0.4, -0.2) is 5.11 Å². The van der Waals surface area contributed by atoms with E-state index in [2.05, 4.69) is 31.9 Å². The van der Waals surface area contributed by atoms with Gasteiger partial charge in [0.1, 0.15) is 5.75 Å². The second-order valence-electron chi connectivity index (χ2n) is 2.84. The average molecular weight is 309 g/mol. The second kappa shape index (κ2) is 4.44. The van der Waals surface area contributed by atoms with Crippen molar-refractivity contribution in [1.29, 1.82) is 0 Å². The van der Waals surface area contributed by atoms with Gasteiger partial charge in [-0.05, 0) is 50.4 Å². The number of nitrogens with two attached hydrogens (primary N) is 1. The van der Waals surface area contributed by atoms with E-state index in [4.69, 9.17) is 5.73 Å². The van der Waals surface area contributed by atoms with Gasteiger partial charge in [-0.15, -0.1) is 0 Å². The van der Waals surface area contributed by atoms with Crippen LogP contribution >= 0.6 is 31.9 Å². The minimum atomic E-state index is -0.107.